The Bertz CT molecular complexity index is 361. The van der Waals surface area contributed by atoms with Crippen molar-refractivity contribution >= 4 is 39.0 Å². The lowest BCUT2D eigenvalue weighted by molar-refractivity contribution is 0.0154. The molecule has 1 aliphatic heterocycles. The Morgan fingerprint density at radius 3 is 2.60 bits per heavy atom. The van der Waals surface area contributed by atoms with Gasteiger partial charge in [-0.3, -0.25) is 0 Å². The van der Waals surface area contributed by atoms with Gasteiger partial charge in [-0.1, -0.05) is 13.8 Å². The minimum Gasteiger partial charge on any atom is -0.384 e. The van der Waals surface area contributed by atoms with Crippen LogP contribution in [-0.4, -0.2) is 16.6 Å². The first-order valence-electron chi connectivity index (χ1n) is 4.95. The Morgan fingerprint density at radius 1 is 1.33 bits per heavy atom. The average molecular weight is 307 g/mol. The van der Waals surface area contributed by atoms with Crippen molar-refractivity contribution in [2.75, 3.05) is 11.5 Å². The molecule has 0 spiro atoms. The summed E-state index contributed by atoms with van der Waals surface area (Å²) in [6, 6.07) is 0. The van der Waals surface area contributed by atoms with Crippen LogP contribution in [-0.2, 0) is 5.60 Å². The molecule has 1 fully saturated rings. The molecule has 0 bridgehead atoms. The molecule has 15 heavy (non-hydrogen) atoms. The highest BCUT2D eigenvalue weighted by molar-refractivity contribution is 9.10. The zero-order valence-corrected chi connectivity index (χ0v) is 12.1. The molecule has 2 rings (SSSR count). The van der Waals surface area contributed by atoms with Crippen LogP contribution in [0.15, 0.2) is 15.2 Å². The summed E-state index contributed by atoms with van der Waals surface area (Å²) >= 11 is 7.01. The fourth-order valence-electron chi connectivity index (χ4n) is 2.18. The van der Waals surface area contributed by atoms with Gasteiger partial charge in [0.15, 0.2) is 0 Å². The predicted octanol–water partition coefficient (Wildman–Crippen LogP) is 3.86. The summed E-state index contributed by atoms with van der Waals surface area (Å²) in [4.78, 5) is 0. The molecule has 1 aliphatic rings. The van der Waals surface area contributed by atoms with Gasteiger partial charge >= 0.3 is 0 Å². The minimum absolute atomic E-state index is 0.221. The number of aliphatic hydroxyl groups is 1. The first kappa shape index (κ1) is 12.0. The molecule has 4 heteroatoms. The number of halogens is 1. The Labute approximate surface area is 107 Å². The van der Waals surface area contributed by atoms with E-state index in [4.69, 9.17) is 0 Å². The molecule has 0 amide bonds. The first-order valence-corrected chi connectivity index (χ1v) is 7.84. The second-order valence-electron chi connectivity index (χ2n) is 5.00. The largest absolute Gasteiger partial charge is 0.384 e. The summed E-state index contributed by atoms with van der Waals surface area (Å²) in [6.45, 7) is 4.45. The van der Waals surface area contributed by atoms with Crippen molar-refractivity contribution < 1.29 is 5.11 Å². The van der Waals surface area contributed by atoms with E-state index in [1.807, 2.05) is 17.1 Å². The highest BCUT2D eigenvalue weighted by Gasteiger charge is 2.41. The normalized spacial score (nSPS) is 30.4. The summed E-state index contributed by atoms with van der Waals surface area (Å²) in [5, 5.41) is 14.8. The summed E-state index contributed by atoms with van der Waals surface area (Å²) in [7, 11) is 0. The lowest BCUT2D eigenvalue weighted by atomic mass is 9.79. The Morgan fingerprint density at radius 2 is 2.07 bits per heavy atom. The molecule has 1 aromatic rings. The van der Waals surface area contributed by atoms with E-state index >= 15 is 0 Å². The second kappa shape index (κ2) is 4.06. The van der Waals surface area contributed by atoms with Crippen molar-refractivity contribution in [2.45, 2.75) is 25.9 Å². The molecule has 1 N–H and O–H groups in total. The quantitative estimate of drug-likeness (QED) is 0.850. The lowest BCUT2D eigenvalue weighted by Crippen LogP contribution is -2.40. The predicted molar refractivity (Wildman–Crippen MR) is 71.6 cm³/mol. The molecule has 0 aromatic carbocycles. The average Bonchev–Trinajstić information content (AvgIpc) is 2.49. The molecule has 84 valence electrons. The molecule has 0 radical (unpaired) electrons. The van der Waals surface area contributed by atoms with Crippen molar-refractivity contribution in [3.8, 4) is 0 Å². The van der Waals surface area contributed by atoms with Crippen molar-refractivity contribution in [2.24, 2.45) is 5.41 Å². The van der Waals surface area contributed by atoms with E-state index in [-0.39, 0.29) is 5.41 Å². The Kier molecular flexibility index (Phi) is 3.24. The lowest BCUT2D eigenvalue weighted by Gasteiger charge is -2.41. The standard InChI is InChI=1S/C11H15BrOS2/c1-10(2)5-11(13,7-15-6-10)8-3-14-4-9(8)12/h3-4,13H,5-7H2,1-2H3. The van der Waals surface area contributed by atoms with Gasteiger partial charge in [0, 0.05) is 21.2 Å². The van der Waals surface area contributed by atoms with Gasteiger partial charge in [-0.2, -0.15) is 23.1 Å². The van der Waals surface area contributed by atoms with E-state index in [0.29, 0.717) is 0 Å². The van der Waals surface area contributed by atoms with Crippen LogP contribution in [0.5, 0.6) is 0 Å². The molecule has 0 saturated carbocycles. The highest BCUT2D eigenvalue weighted by Crippen LogP contribution is 2.46. The van der Waals surface area contributed by atoms with Gasteiger partial charge < -0.3 is 5.11 Å². The maximum atomic E-state index is 10.7. The molecular formula is C11H15BrOS2. The first-order chi connectivity index (χ1) is 6.93. The van der Waals surface area contributed by atoms with E-state index in [0.717, 1.165) is 28.0 Å². The zero-order valence-electron chi connectivity index (χ0n) is 8.92. The van der Waals surface area contributed by atoms with Gasteiger partial charge in [-0.25, -0.2) is 0 Å². The van der Waals surface area contributed by atoms with Crippen LogP contribution in [0.1, 0.15) is 25.8 Å². The van der Waals surface area contributed by atoms with Crippen molar-refractivity contribution in [1.29, 1.82) is 0 Å². The monoisotopic (exact) mass is 306 g/mol. The molecule has 1 aromatic heterocycles. The van der Waals surface area contributed by atoms with Gasteiger partial charge in [0.1, 0.15) is 5.60 Å². The van der Waals surface area contributed by atoms with Crippen LogP contribution in [0.3, 0.4) is 0 Å². The van der Waals surface area contributed by atoms with E-state index < -0.39 is 5.60 Å². The molecule has 2 heterocycles. The molecule has 1 atom stereocenters. The van der Waals surface area contributed by atoms with E-state index in [2.05, 4.69) is 35.2 Å². The third-order valence-electron chi connectivity index (χ3n) is 2.72. The highest BCUT2D eigenvalue weighted by atomic mass is 79.9. The van der Waals surface area contributed by atoms with Gasteiger partial charge in [-0.15, -0.1) is 0 Å². The maximum absolute atomic E-state index is 10.7. The molecule has 0 aliphatic carbocycles. The SMILES string of the molecule is CC1(C)CSCC(O)(c2cscc2Br)C1. The molecule has 1 saturated heterocycles. The number of hydrogen-bond acceptors (Lipinski definition) is 3. The summed E-state index contributed by atoms with van der Waals surface area (Å²) < 4.78 is 1.05. The molecule has 1 unspecified atom stereocenters. The smallest absolute Gasteiger partial charge is 0.101 e. The van der Waals surface area contributed by atoms with Gasteiger partial charge in [0.05, 0.1) is 0 Å². The number of rotatable bonds is 1. The van der Waals surface area contributed by atoms with Crippen molar-refractivity contribution in [3.63, 3.8) is 0 Å². The van der Waals surface area contributed by atoms with E-state index in [1.165, 1.54) is 0 Å². The van der Waals surface area contributed by atoms with E-state index in [9.17, 15) is 5.11 Å². The van der Waals surface area contributed by atoms with E-state index in [1.54, 1.807) is 11.3 Å². The van der Waals surface area contributed by atoms with Gasteiger partial charge in [0.25, 0.3) is 0 Å². The third-order valence-corrected chi connectivity index (χ3v) is 6.09. The summed E-state index contributed by atoms with van der Waals surface area (Å²) in [6.07, 6.45) is 0.850. The van der Waals surface area contributed by atoms with Crippen molar-refractivity contribution in [3.05, 3.63) is 20.8 Å². The fraction of sp³-hybridized carbons (Fsp3) is 0.636. The summed E-state index contributed by atoms with van der Waals surface area (Å²) in [5.41, 5.74) is 0.636. The van der Waals surface area contributed by atoms with Crippen LogP contribution in [0.4, 0.5) is 0 Å². The van der Waals surface area contributed by atoms with Crippen LogP contribution in [0.25, 0.3) is 0 Å². The number of thioether (sulfide) groups is 1. The zero-order chi connectivity index (χ0) is 11.1. The van der Waals surface area contributed by atoms with Crippen LogP contribution in [0.2, 0.25) is 0 Å². The topological polar surface area (TPSA) is 20.2 Å². The van der Waals surface area contributed by atoms with Crippen LogP contribution >= 0.6 is 39.0 Å². The van der Waals surface area contributed by atoms with Crippen molar-refractivity contribution in [1.82, 2.24) is 0 Å². The Hall–Kier alpha value is 0.490. The maximum Gasteiger partial charge on any atom is 0.101 e. The fourth-order valence-corrected chi connectivity index (χ4v) is 5.28. The van der Waals surface area contributed by atoms with Gasteiger partial charge in [-0.05, 0) is 38.9 Å². The minimum atomic E-state index is -0.648. The molecule has 1 nitrogen and oxygen atoms in total. The third kappa shape index (κ3) is 2.43. The van der Waals surface area contributed by atoms with Crippen LogP contribution < -0.4 is 0 Å². The summed E-state index contributed by atoms with van der Waals surface area (Å²) in [5.74, 6) is 1.95. The van der Waals surface area contributed by atoms with Crippen LogP contribution in [0, 0.1) is 5.41 Å². The second-order valence-corrected chi connectivity index (χ2v) is 7.58. The number of thiophene rings is 1. The molecular weight excluding hydrogens is 292 g/mol. The number of hydrogen-bond donors (Lipinski definition) is 1. The van der Waals surface area contributed by atoms with Gasteiger partial charge in [0.2, 0.25) is 0 Å². The Balaban J connectivity index is 2.31.